The highest BCUT2D eigenvalue weighted by Gasteiger charge is 2.14. The van der Waals surface area contributed by atoms with Gasteiger partial charge in [0.05, 0.1) is 0 Å². The standard InChI is InChI=1S/C11H15FOS/c1-11(2,3)13-9-7-8(12)5-6-10(9)14-4/h5-7H,1-4H3. The van der Waals surface area contributed by atoms with Gasteiger partial charge in [-0.3, -0.25) is 0 Å². The summed E-state index contributed by atoms with van der Waals surface area (Å²) in [5.74, 6) is 0.354. The summed E-state index contributed by atoms with van der Waals surface area (Å²) >= 11 is 1.55. The molecule has 1 rings (SSSR count). The van der Waals surface area contributed by atoms with Crippen LogP contribution >= 0.6 is 11.8 Å². The third-order valence-electron chi connectivity index (χ3n) is 1.54. The lowest BCUT2D eigenvalue weighted by atomic mass is 10.2. The van der Waals surface area contributed by atoms with Crippen LogP contribution in [0.25, 0.3) is 0 Å². The van der Waals surface area contributed by atoms with Gasteiger partial charge >= 0.3 is 0 Å². The predicted octanol–water partition coefficient (Wildman–Crippen LogP) is 3.72. The fraction of sp³-hybridized carbons (Fsp3) is 0.455. The van der Waals surface area contributed by atoms with E-state index in [-0.39, 0.29) is 11.4 Å². The van der Waals surface area contributed by atoms with Crippen LogP contribution < -0.4 is 4.74 Å². The van der Waals surface area contributed by atoms with Crippen molar-refractivity contribution in [1.82, 2.24) is 0 Å². The van der Waals surface area contributed by atoms with Crippen molar-refractivity contribution in [3.05, 3.63) is 24.0 Å². The lowest BCUT2D eigenvalue weighted by molar-refractivity contribution is 0.126. The highest BCUT2D eigenvalue weighted by molar-refractivity contribution is 7.98. The molecule has 0 atom stereocenters. The Kier molecular flexibility index (Phi) is 3.43. The van der Waals surface area contributed by atoms with Crippen LogP contribution in [0.3, 0.4) is 0 Å². The zero-order chi connectivity index (χ0) is 10.8. The van der Waals surface area contributed by atoms with Gasteiger partial charge < -0.3 is 4.74 Å². The summed E-state index contributed by atoms with van der Waals surface area (Å²) in [5, 5.41) is 0. The Bertz CT molecular complexity index is 318. The predicted molar refractivity (Wildman–Crippen MR) is 58.6 cm³/mol. The van der Waals surface area contributed by atoms with Gasteiger partial charge in [-0.2, -0.15) is 0 Å². The lowest BCUT2D eigenvalue weighted by Crippen LogP contribution is -2.23. The van der Waals surface area contributed by atoms with E-state index in [0.717, 1.165) is 4.90 Å². The molecule has 14 heavy (non-hydrogen) atoms. The van der Waals surface area contributed by atoms with Crippen molar-refractivity contribution < 1.29 is 9.13 Å². The Morgan fingerprint density at radius 1 is 1.29 bits per heavy atom. The van der Waals surface area contributed by atoms with Crippen molar-refractivity contribution in [2.24, 2.45) is 0 Å². The average molecular weight is 214 g/mol. The third-order valence-corrected chi connectivity index (χ3v) is 2.32. The van der Waals surface area contributed by atoms with Crippen molar-refractivity contribution in [1.29, 1.82) is 0 Å². The summed E-state index contributed by atoms with van der Waals surface area (Å²) in [6.45, 7) is 5.84. The number of hydrogen-bond donors (Lipinski definition) is 0. The summed E-state index contributed by atoms with van der Waals surface area (Å²) in [7, 11) is 0. The first-order chi connectivity index (χ1) is 6.42. The van der Waals surface area contributed by atoms with Crippen LogP contribution in [0.2, 0.25) is 0 Å². The molecule has 0 amide bonds. The van der Waals surface area contributed by atoms with Crippen LogP contribution in [0.5, 0.6) is 5.75 Å². The van der Waals surface area contributed by atoms with Gasteiger partial charge in [0.2, 0.25) is 0 Å². The van der Waals surface area contributed by atoms with Crippen molar-refractivity contribution in [2.45, 2.75) is 31.3 Å². The molecule has 0 aliphatic rings. The second-order valence-corrected chi connectivity index (χ2v) is 4.86. The molecule has 78 valence electrons. The van der Waals surface area contributed by atoms with E-state index < -0.39 is 0 Å². The molecule has 1 aromatic carbocycles. The second kappa shape index (κ2) is 4.22. The number of hydrogen-bond acceptors (Lipinski definition) is 2. The van der Waals surface area contributed by atoms with Gasteiger partial charge in [0.25, 0.3) is 0 Å². The van der Waals surface area contributed by atoms with Crippen LogP contribution in [0, 0.1) is 5.82 Å². The molecular formula is C11H15FOS. The molecule has 0 spiro atoms. The van der Waals surface area contributed by atoms with Gasteiger partial charge in [-0.15, -0.1) is 11.8 Å². The number of thioether (sulfide) groups is 1. The van der Waals surface area contributed by atoms with Gasteiger partial charge in [-0.05, 0) is 39.2 Å². The SMILES string of the molecule is CSc1ccc(F)cc1OC(C)(C)C. The first-order valence-electron chi connectivity index (χ1n) is 4.45. The van der Waals surface area contributed by atoms with E-state index >= 15 is 0 Å². The molecule has 0 radical (unpaired) electrons. The first-order valence-corrected chi connectivity index (χ1v) is 5.67. The Morgan fingerprint density at radius 2 is 1.93 bits per heavy atom. The fourth-order valence-electron chi connectivity index (χ4n) is 1.06. The molecule has 3 heteroatoms. The normalized spacial score (nSPS) is 11.5. The Balaban J connectivity index is 2.99. The Morgan fingerprint density at radius 3 is 2.43 bits per heavy atom. The van der Waals surface area contributed by atoms with E-state index in [4.69, 9.17) is 4.74 Å². The highest BCUT2D eigenvalue weighted by Crippen LogP contribution is 2.30. The minimum Gasteiger partial charge on any atom is -0.487 e. The lowest BCUT2D eigenvalue weighted by Gasteiger charge is -2.22. The molecule has 0 aliphatic heterocycles. The molecule has 0 N–H and O–H groups in total. The van der Waals surface area contributed by atoms with E-state index in [1.54, 1.807) is 17.8 Å². The number of rotatable bonds is 2. The summed E-state index contributed by atoms with van der Waals surface area (Å²) < 4.78 is 18.6. The molecule has 0 heterocycles. The highest BCUT2D eigenvalue weighted by atomic mass is 32.2. The van der Waals surface area contributed by atoms with E-state index in [9.17, 15) is 4.39 Å². The molecule has 0 saturated carbocycles. The minimum atomic E-state index is -0.293. The topological polar surface area (TPSA) is 9.23 Å². The summed E-state index contributed by atoms with van der Waals surface area (Å²) in [5.41, 5.74) is -0.293. The summed E-state index contributed by atoms with van der Waals surface area (Å²) in [4.78, 5) is 0.960. The van der Waals surface area contributed by atoms with Gasteiger partial charge in [0.1, 0.15) is 17.2 Å². The van der Waals surface area contributed by atoms with Crippen LogP contribution in [0.1, 0.15) is 20.8 Å². The third kappa shape index (κ3) is 3.22. The zero-order valence-electron chi connectivity index (χ0n) is 8.93. The number of halogens is 1. The van der Waals surface area contributed by atoms with Crippen molar-refractivity contribution >= 4 is 11.8 Å². The molecule has 0 unspecified atom stereocenters. The average Bonchev–Trinajstić information content (AvgIpc) is 2.01. The molecule has 0 fully saturated rings. The van der Waals surface area contributed by atoms with Gasteiger partial charge in [-0.1, -0.05) is 0 Å². The number of ether oxygens (including phenoxy) is 1. The molecule has 0 aromatic heterocycles. The van der Waals surface area contributed by atoms with Crippen molar-refractivity contribution in [2.75, 3.05) is 6.26 Å². The van der Waals surface area contributed by atoms with Crippen LogP contribution in [-0.4, -0.2) is 11.9 Å². The van der Waals surface area contributed by atoms with Gasteiger partial charge in [-0.25, -0.2) is 4.39 Å². The number of benzene rings is 1. The molecule has 0 bridgehead atoms. The fourth-order valence-corrected chi connectivity index (χ4v) is 1.57. The molecule has 0 saturated heterocycles. The summed E-state index contributed by atoms with van der Waals surface area (Å²) in [6.07, 6.45) is 1.95. The van der Waals surface area contributed by atoms with Gasteiger partial charge in [0, 0.05) is 11.0 Å². The zero-order valence-corrected chi connectivity index (χ0v) is 9.74. The smallest absolute Gasteiger partial charge is 0.136 e. The molecule has 1 nitrogen and oxygen atoms in total. The minimum absolute atomic E-state index is 0.262. The Hall–Kier alpha value is -0.700. The van der Waals surface area contributed by atoms with E-state index in [1.807, 2.05) is 27.0 Å². The van der Waals surface area contributed by atoms with E-state index in [1.165, 1.54) is 12.1 Å². The maximum absolute atomic E-state index is 13.0. The quantitative estimate of drug-likeness (QED) is 0.694. The monoisotopic (exact) mass is 214 g/mol. The maximum atomic E-state index is 13.0. The van der Waals surface area contributed by atoms with Crippen LogP contribution in [0.4, 0.5) is 4.39 Å². The van der Waals surface area contributed by atoms with Crippen molar-refractivity contribution in [3.8, 4) is 5.75 Å². The first kappa shape index (κ1) is 11.4. The molecule has 0 aliphatic carbocycles. The second-order valence-electron chi connectivity index (χ2n) is 4.01. The van der Waals surface area contributed by atoms with E-state index in [0.29, 0.717) is 5.75 Å². The largest absolute Gasteiger partial charge is 0.487 e. The van der Waals surface area contributed by atoms with Crippen LogP contribution in [0.15, 0.2) is 23.1 Å². The van der Waals surface area contributed by atoms with Gasteiger partial charge in [0.15, 0.2) is 0 Å². The van der Waals surface area contributed by atoms with Crippen LogP contribution in [-0.2, 0) is 0 Å². The van der Waals surface area contributed by atoms with Crippen molar-refractivity contribution in [3.63, 3.8) is 0 Å². The summed E-state index contributed by atoms with van der Waals surface area (Å²) in [6, 6.07) is 4.61. The maximum Gasteiger partial charge on any atom is 0.136 e. The molecular weight excluding hydrogens is 199 g/mol. The Labute approximate surface area is 88.7 Å². The molecule has 1 aromatic rings. The van der Waals surface area contributed by atoms with E-state index in [2.05, 4.69) is 0 Å².